The van der Waals surface area contributed by atoms with Crippen LogP contribution in [0.25, 0.3) is 10.9 Å². The van der Waals surface area contributed by atoms with E-state index >= 15 is 0 Å². The van der Waals surface area contributed by atoms with Crippen LogP contribution in [0.4, 0.5) is 11.4 Å². The number of halogens is 1. The van der Waals surface area contributed by atoms with Gasteiger partial charge in [-0.05, 0) is 42.5 Å². The van der Waals surface area contributed by atoms with Gasteiger partial charge in [-0.15, -0.1) is 0 Å². The number of anilines is 2. The van der Waals surface area contributed by atoms with E-state index in [2.05, 4.69) is 10.3 Å². The second kappa shape index (κ2) is 7.28. The largest absolute Gasteiger partial charge is 0.452 e. The van der Waals surface area contributed by atoms with Gasteiger partial charge in [0.2, 0.25) is 5.91 Å². The summed E-state index contributed by atoms with van der Waals surface area (Å²) in [4.78, 5) is 42.1. The van der Waals surface area contributed by atoms with Gasteiger partial charge < -0.3 is 10.1 Å². The van der Waals surface area contributed by atoms with E-state index in [0.717, 1.165) is 5.39 Å². The summed E-state index contributed by atoms with van der Waals surface area (Å²) in [5.41, 5.74) is 2.05. The van der Waals surface area contributed by atoms with Crippen LogP contribution in [-0.4, -0.2) is 35.9 Å². The number of benzene rings is 2. The lowest BCUT2D eigenvalue weighted by Gasteiger charge is -2.28. The molecule has 0 saturated heterocycles. The van der Waals surface area contributed by atoms with E-state index in [-0.39, 0.29) is 12.5 Å². The van der Waals surface area contributed by atoms with E-state index in [1.165, 1.54) is 4.90 Å². The van der Waals surface area contributed by atoms with Crippen LogP contribution in [0.1, 0.15) is 10.4 Å². The fourth-order valence-corrected chi connectivity index (χ4v) is 3.13. The zero-order chi connectivity index (χ0) is 19.7. The molecule has 7 nitrogen and oxygen atoms in total. The van der Waals surface area contributed by atoms with Crippen LogP contribution in [0, 0.1) is 0 Å². The molecule has 0 spiro atoms. The zero-order valence-electron chi connectivity index (χ0n) is 14.5. The molecule has 0 fully saturated rings. The number of nitrogens with one attached hydrogen (secondary N) is 1. The van der Waals surface area contributed by atoms with Crippen LogP contribution in [0.2, 0.25) is 5.15 Å². The van der Waals surface area contributed by atoms with Crippen molar-refractivity contribution >= 4 is 51.7 Å². The van der Waals surface area contributed by atoms with E-state index in [1.54, 1.807) is 54.6 Å². The van der Waals surface area contributed by atoms with Crippen LogP contribution >= 0.6 is 11.6 Å². The molecule has 0 unspecified atom stereocenters. The summed E-state index contributed by atoms with van der Waals surface area (Å²) in [5.74, 6) is -1.43. The molecule has 8 heteroatoms. The lowest BCUT2D eigenvalue weighted by molar-refractivity contribution is -0.124. The molecule has 2 amide bonds. The number of fused-ring (bicyclic) bond motifs is 2. The third-order valence-corrected chi connectivity index (χ3v) is 4.50. The van der Waals surface area contributed by atoms with Gasteiger partial charge in [0.05, 0.1) is 22.5 Å². The summed E-state index contributed by atoms with van der Waals surface area (Å²) in [7, 11) is 0. The van der Waals surface area contributed by atoms with E-state index in [4.69, 9.17) is 16.3 Å². The van der Waals surface area contributed by atoms with Gasteiger partial charge in [0.1, 0.15) is 11.7 Å². The van der Waals surface area contributed by atoms with Crippen LogP contribution in [0.15, 0.2) is 54.6 Å². The highest BCUT2D eigenvalue weighted by Gasteiger charge is 2.27. The molecule has 4 rings (SSSR count). The molecule has 0 aliphatic carbocycles. The molecule has 1 aliphatic heterocycles. The Morgan fingerprint density at radius 2 is 1.96 bits per heavy atom. The highest BCUT2D eigenvalue weighted by molar-refractivity contribution is 6.29. The maximum absolute atomic E-state index is 12.5. The second-order valence-corrected chi connectivity index (χ2v) is 6.55. The lowest BCUT2D eigenvalue weighted by atomic mass is 10.1. The molecule has 2 aromatic carbocycles. The maximum atomic E-state index is 12.5. The highest BCUT2D eigenvalue weighted by Crippen LogP contribution is 2.28. The number of nitrogens with zero attached hydrogens (tertiary/aromatic N) is 2. The first-order chi connectivity index (χ1) is 13.5. The molecule has 1 aliphatic rings. The first-order valence-corrected chi connectivity index (χ1v) is 8.82. The van der Waals surface area contributed by atoms with Crippen molar-refractivity contribution in [2.24, 2.45) is 0 Å². The Bertz CT molecular complexity index is 1120. The Balaban J connectivity index is 1.47. The van der Waals surface area contributed by atoms with Gasteiger partial charge in [-0.25, -0.2) is 9.78 Å². The summed E-state index contributed by atoms with van der Waals surface area (Å²) in [5, 5.41) is 3.79. The molecular weight excluding hydrogens is 382 g/mol. The predicted molar refractivity (Wildman–Crippen MR) is 104 cm³/mol. The van der Waals surface area contributed by atoms with Crippen molar-refractivity contribution in [3.63, 3.8) is 0 Å². The second-order valence-electron chi connectivity index (χ2n) is 6.16. The van der Waals surface area contributed by atoms with E-state index in [1.807, 2.05) is 0 Å². The average molecular weight is 396 g/mol. The van der Waals surface area contributed by atoms with Gasteiger partial charge in [0, 0.05) is 5.39 Å². The normalized spacial score (nSPS) is 13.0. The van der Waals surface area contributed by atoms with Crippen LogP contribution in [-0.2, 0) is 14.3 Å². The SMILES string of the molecule is O=C1CN(C(=O)COC(=O)c2ccc3nc(Cl)ccc3c2)c2ccccc2N1. The van der Waals surface area contributed by atoms with Gasteiger partial charge in [-0.1, -0.05) is 23.7 Å². The number of para-hydroxylation sites is 2. The Labute approximate surface area is 164 Å². The van der Waals surface area contributed by atoms with Crippen molar-refractivity contribution in [1.82, 2.24) is 4.98 Å². The summed E-state index contributed by atoms with van der Waals surface area (Å²) >= 11 is 5.85. The molecule has 0 radical (unpaired) electrons. The summed E-state index contributed by atoms with van der Waals surface area (Å²) in [6, 6.07) is 15.1. The Kier molecular flexibility index (Phi) is 4.67. The molecular formula is C20H14ClN3O4. The number of aromatic nitrogens is 1. The molecule has 0 bridgehead atoms. The molecule has 1 aromatic heterocycles. The Morgan fingerprint density at radius 3 is 2.82 bits per heavy atom. The average Bonchev–Trinajstić information content (AvgIpc) is 2.70. The maximum Gasteiger partial charge on any atom is 0.338 e. The molecule has 140 valence electrons. The van der Waals surface area contributed by atoms with Gasteiger partial charge in [-0.2, -0.15) is 0 Å². The van der Waals surface area contributed by atoms with E-state index in [9.17, 15) is 14.4 Å². The summed E-state index contributed by atoms with van der Waals surface area (Å²) in [6.45, 7) is -0.604. The Morgan fingerprint density at radius 1 is 1.14 bits per heavy atom. The van der Waals surface area contributed by atoms with Crippen molar-refractivity contribution in [1.29, 1.82) is 0 Å². The zero-order valence-corrected chi connectivity index (χ0v) is 15.3. The highest BCUT2D eigenvalue weighted by atomic mass is 35.5. The molecule has 0 atom stereocenters. The number of rotatable bonds is 3. The van der Waals surface area contributed by atoms with E-state index in [0.29, 0.717) is 27.6 Å². The quantitative estimate of drug-likeness (QED) is 0.544. The van der Waals surface area contributed by atoms with Crippen LogP contribution < -0.4 is 10.2 Å². The summed E-state index contributed by atoms with van der Waals surface area (Å²) in [6.07, 6.45) is 0. The number of hydrogen-bond acceptors (Lipinski definition) is 5. The number of amides is 2. The van der Waals surface area contributed by atoms with Gasteiger partial charge in [-0.3, -0.25) is 14.5 Å². The molecule has 2 heterocycles. The monoisotopic (exact) mass is 395 g/mol. The third-order valence-electron chi connectivity index (χ3n) is 4.29. The van der Waals surface area contributed by atoms with Crippen molar-refractivity contribution in [3.8, 4) is 0 Å². The fraction of sp³-hybridized carbons (Fsp3) is 0.100. The summed E-state index contributed by atoms with van der Waals surface area (Å²) < 4.78 is 5.16. The number of carbonyl (C=O) groups is 3. The van der Waals surface area contributed by atoms with Crippen molar-refractivity contribution in [2.45, 2.75) is 0 Å². The molecule has 0 saturated carbocycles. The number of esters is 1. The number of pyridine rings is 1. The van der Waals surface area contributed by atoms with Gasteiger partial charge in [0.25, 0.3) is 5.91 Å². The first kappa shape index (κ1) is 17.9. The van der Waals surface area contributed by atoms with Crippen LogP contribution in [0.3, 0.4) is 0 Å². The lowest BCUT2D eigenvalue weighted by Crippen LogP contribution is -2.44. The Hall–Kier alpha value is -3.45. The smallest absolute Gasteiger partial charge is 0.338 e. The number of ether oxygens (including phenoxy) is 1. The third kappa shape index (κ3) is 3.52. The van der Waals surface area contributed by atoms with Crippen molar-refractivity contribution in [2.75, 3.05) is 23.4 Å². The standard InChI is InChI=1S/C20H14ClN3O4/c21-17-8-6-12-9-13(5-7-14(12)22-17)20(27)28-11-19(26)24-10-18(25)23-15-3-1-2-4-16(15)24/h1-9H,10-11H2,(H,23,25). The molecule has 1 N–H and O–H groups in total. The minimum absolute atomic E-state index is 0.129. The minimum atomic E-state index is -0.639. The van der Waals surface area contributed by atoms with Gasteiger partial charge in [0.15, 0.2) is 6.61 Å². The van der Waals surface area contributed by atoms with Gasteiger partial charge >= 0.3 is 5.97 Å². The van der Waals surface area contributed by atoms with E-state index < -0.39 is 18.5 Å². The fourth-order valence-electron chi connectivity index (χ4n) is 2.97. The van der Waals surface area contributed by atoms with Crippen molar-refractivity contribution < 1.29 is 19.1 Å². The first-order valence-electron chi connectivity index (χ1n) is 8.44. The number of hydrogen-bond donors (Lipinski definition) is 1. The molecule has 3 aromatic rings. The topological polar surface area (TPSA) is 88.6 Å². The minimum Gasteiger partial charge on any atom is -0.452 e. The predicted octanol–water partition coefficient (Wildman–Crippen LogP) is 3.03. The van der Waals surface area contributed by atoms with Crippen LogP contribution in [0.5, 0.6) is 0 Å². The number of carbonyl (C=O) groups excluding carboxylic acids is 3. The molecule has 28 heavy (non-hydrogen) atoms. The van der Waals surface area contributed by atoms with Crippen molar-refractivity contribution in [3.05, 3.63) is 65.3 Å².